The van der Waals surface area contributed by atoms with Crippen LogP contribution in [0.5, 0.6) is 0 Å². The van der Waals surface area contributed by atoms with Crippen LogP contribution in [-0.2, 0) is 17.6 Å². The Morgan fingerprint density at radius 3 is 2.62 bits per heavy atom. The quantitative estimate of drug-likeness (QED) is 0.801. The van der Waals surface area contributed by atoms with E-state index in [1.165, 1.54) is 0 Å². The number of rotatable bonds is 3. The number of anilines is 1. The Kier molecular flexibility index (Phi) is 3.64. The lowest BCUT2D eigenvalue weighted by atomic mass is 10.0. The van der Waals surface area contributed by atoms with E-state index in [0.29, 0.717) is 18.4 Å². The van der Waals surface area contributed by atoms with Crippen molar-refractivity contribution in [3.05, 3.63) is 63.6 Å². The van der Waals surface area contributed by atoms with Gasteiger partial charge in [-0.2, -0.15) is 0 Å². The van der Waals surface area contributed by atoms with Crippen LogP contribution in [0.3, 0.4) is 0 Å². The topological polar surface area (TPSA) is 37.4 Å². The molecule has 106 valence electrons. The monoisotopic (exact) mass is 343 g/mol. The van der Waals surface area contributed by atoms with Crippen molar-refractivity contribution in [1.82, 2.24) is 0 Å². The maximum absolute atomic E-state index is 12.4. The fourth-order valence-electron chi connectivity index (χ4n) is 2.53. The number of carbonyl (C=O) groups is 2. The minimum Gasteiger partial charge on any atom is -0.315 e. The summed E-state index contributed by atoms with van der Waals surface area (Å²) in [6.45, 7) is 0. The molecule has 0 atom stereocenters. The third-order valence-electron chi connectivity index (χ3n) is 3.76. The Morgan fingerprint density at radius 2 is 1.90 bits per heavy atom. The molecule has 0 saturated heterocycles. The van der Waals surface area contributed by atoms with Crippen molar-refractivity contribution >= 4 is 33.3 Å². The summed E-state index contributed by atoms with van der Waals surface area (Å²) in [6.07, 6.45) is 0.751. The van der Waals surface area contributed by atoms with Gasteiger partial charge in [0.2, 0.25) is 5.91 Å². The molecule has 0 unspecified atom stereocenters. The van der Waals surface area contributed by atoms with E-state index in [9.17, 15) is 9.59 Å². The zero-order valence-corrected chi connectivity index (χ0v) is 13.2. The van der Waals surface area contributed by atoms with Gasteiger partial charge in [0.1, 0.15) is 0 Å². The van der Waals surface area contributed by atoms with Crippen molar-refractivity contribution in [3.8, 4) is 0 Å². The predicted octanol–water partition coefficient (Wildman–Crippen LogP) is 3.39. The molecule has 1 heterocycles. The molecule has 2 aromatic rings. The number of hydrogen-bond donors (Lipinski definition) is 0. The van der Waals surface area contributed by atoms with Gasteiger partial charge in [0.15, 0.2) is 5.78 Å². The molecule has 0 saturated carbocycles. The van der Waals surface area contributed by atoms with E-state index in [-0.39, 0.29) is 11.7 Å². The van der Waals surface area contributed by atoms with Crippen molar-refractivity contribution < 1.29 is 9.59 Å². The Bertz CT molecular complexity index is 722. The Labute approximate surface area is 131 Å². The molecule has 0 aliphatic carbocycles. The summed E-state index contributed by atoms with van der Waals surface area (Å²) in [5.74, 6) is 0.143. The molecule has 1 amide bonds. The van der Waals surface area contributed by atoms with E-state index in [2.05, 4.69) is 15.9 Å². The van der Waals surface area contributed by atoms with Gasteiger partial charge in [-0.05, 0) is 41.5 Å². The van der Waals surface area contributed by atoms with Gasteiger partial charge in [-0.25, -0.2) is 0 Å². The average molecular weight is 344 g/mol. The molecule has 3 nitrogen and oxygen atoms in total. The van der Waals surface area contributed by atoms with Crippen molar-refractivity contribution in [1.29, 1.82) is 0 Å². The van der Waals surface area contributed by atoms with E-state index >= 15 is 0 Å². The van der Waals surface area contributed by atoms with Crippen LogP contribution >= 0.6 is 15.9 Å². The molecular formula is C17H14BrNO2. The van der Waals surface area contributed by atoms with Crippen LogP contribution < -0.4 is 4.90 Å². The molecule has 0 N–H and O–H groups in total. The molecular weight excluding hydrogens is 330 g/mol. The summed E-state index contributed by atoms with van der Waals surface area (Å²) >= 11 is 3.38. The van der Waals surface area contributed by atoms with Crippen molar-refractivity contribution in [3.63, 3.8) is 0 Å². The highest BCUT2D eigenvalue weighted by Crippen LogP contribution is 2.28. The number of benzene rings is 2. The third-order valence-corrected chi connectivity index (χ3v) is 4.29. The van der Waals surface area contributed by atoms with Gasteiger partial charge in [-0.1, -0.05) is 28.1 Å². The molecule has 0 radical (unpaired) electrons. The molecule has 3 rings (SSSR count). The van der Waals surface area contributed by atoms with Crippen molar-refractivity contribution in [2.45, 2.75) is 12.8 Å². The first-order valence-corrected chi connectivity index (χ1v) is 7.51. The van der Waals surface area contributed by atoms with Crippen LogP contribution in [0.4, 0.5) is 5.69 Å². The number of hydrogen-bond acceptors (Lipinski definition) is 2. The normalized spacial score (nSPS) is 13.4. The highest BCUT2D eigenvalue weighted by molar-refractivity contribution is 9.10. The van der Waals surface area contributed by atoms with E-state index in [1.807, 2.05) is 36.4 Å². The second kappa shape index (κ2) is 5.45. The molecule has 0 bridgehead atoms. The molecule has 2 aromatic carbocycles. The highest BCUT2D eigenvalue weighted by atomic mass is 79.9. The number of fused-ring (bicyclic) bond motifs is 1. The summed E-state index contributed by atoms with van der Waals surface area (Å²) in [5.41, 5.74) is 3.49. The first-order valence-electron chi connectivity index (χ1n) is 6.72. The molecule has 0 aromatic heterocycles. The SMILES string of the molecule is CN1C(=O)Cc2cc(C(=O)Cc3ccc(Br)cc3)ccc21. The zero-order valence-electron chi connectivity index (χ0n) is 11.6. The smallest absolute Gasteiger partial charge is 0.231 e. The molecule has 1 aliphatic heterocycles. The molecule has 0 spiro atoms. The number of likely N-dealkylation sites (N-methyl/N-ethyl adjacent to an activating group) is 1. The lowest BCUT2D eigenvalue weighted by Crippen LogP contribution is -2.20. The number of halogens is 1. The molecule has 4 heteroatoms. The average Bonchev–Trinajstić information content (AvgIpc) is 2.76. The van der Waals surface area contributed by atoms with Crippen molar-refractivity contribution in [2.75, 3.05) is 11.9 Å². The van der Waals surface area contributed by atoms with Gasteiger partial charge in [0, 0.05) is 29.2 Å². The molecule has 1 aliphatic rings. The number of Topliss-reactive ketones (excluding diaryl/α,β-unsaturated/α-hetero) is 1. The van der Waals surface area contributed by atoms with E-state index < -0.39 is 0 Å². The van der Waals surface area contributed by atoms with Gasteiger partial charge in [-0.3, -0.25) is 9.59 Å². The Balaban J connectivity index is 1.81. The second-order valence-corrected chi connectivity index (χ2v) is 6.12. The molecule has 0 fully saturated rings. The van der Waals surface area contributed by atoms with Gasteiger partial charge in [0.25, 0.3) is 0 Å². The lowest BCUT2D eigenvalue weighted by Gasteiger charge is -2.10. The predicted molar refractivity (Wildman–Crippen MR) is 85.7 cm³/mol. The molecule has 21 heavy (non-hydrogen) atoms. The Hall–Kier alpha value is -1.94. The summed E-state index contributed by atoms with van der Waals surface area (Å²) < 4.78 is 0.998. The first-order chi connectivity index (χ1) is 10.0. The fourth-order valence-corrected chi connectivity index (χ4v) is 2.80. The van der Waals surface area contributed by atoms with Crippen LogP contribution in [0.25, 0.3) is 0 Å². The summed E-state index contributed by atoms with van der Waals surface area (Å²) in [7, 11) is 1.76. The van der Waals surface area contributed by atoms with E-state index in [4.69, 9.17) is 0 Å². The van der Waals surface area contributed by atoms with Crippen LogP contribution in [0.2, 0.25) is 0 Å². The van der Waals surface area contributed by atoms with Crippen LogP contribution in [0.1, 0.15) is 21.5 Å². The van der Waals surface area contributed by atoms with Gasteiger partial charge < -0.3 is 4.90 Å². The largest absolute Gasteiger partial charge is 0.315 e. The van der Waals surface area contributed by atoms with Crippen LogP contribution in [-0.4, -0.2) is 18.7 Å². The van der Waals surface area contributed by atoms with E-state index in [1.54, 1.807) is 18.0 Å². The lowest BCUT2D eigenvalue weighted by molar-refractivity contribution is -0.117. The number of carbonyl (C=O) groups excluding carboxylic acids is 2. The fraction of sp³-hybridized carbons (Fsp3) is 0.176. The van der Waals surface area contributed by atoms with E-state index in [0.717, 1.165) is 21.3 Å². The third kappa shape index (κ3) is 2.76. The highest BCUT2D eigenvalue weighted by Gasteiger charge is 2.24. The van der Waals surface area contributed by atoms with Gasteiger partial charge >= 0.3 is 0 Å². The number of ketones is 1. The summed E-state index contributed by atoms with van der Waals surface area (Å²) in [6, 6.07) is 13.2. The van der Waals surface area contributed by atoms with Crippen LogP contribution in [0.15, 0.2) is 46.9 Å². The maximum atomic E-state index is 12.4. The minimum atomic E-state index is 0.0714. The van der Waals surface area contributed by atoms with Crippen molar-refractivity contribution in [2.24, 2.45) is 0 Å². The summed E-state index contributed by atoms with van der Waals surface area (Å²) in [4.78, 5) is 25.7. The minimum absolute atomic E-state index is 0.0714. The second-order valence-electron chi connectivity index (χ2n) is 5.20. The standard InChI is InChI=1S/C17H14BrNO2/c1-19-15-7-4-12(9-13(15)10-17(19)21)16(20)8-11-2-5-14(18)6-3-11/h2-7,9H,8,10H2,1H3. The van der Waals surface area contributed by atoms with Gasteiger partial charge in [0.05, 0.1) is 6.42 Å². The first kappa shape index (κ1) is 14.0. The number of amides is 1. The summed E-state index contributed by atoms with van der Waals surface area (Å²) in [5, 5.41) is 0. The van der Waals surface area contributed by atoms with Gasteiger partial charge in [-0.15, -0.1) is 0 Å². The zero-order chi connectivity index (χ0) is 15.0. The number of nitrogens with zero attached hydrogens (tertiary/aromatic N) is 1. The van der Waals surface area contributed by atoms with Crippen LogP contribution in [0, 0.1) is 0 Å². The maximum Gasteiger partial charge on any atom is 0.231 e. The Morgan fingerprint density at radius 1 is 1.19 bits per heavy atom.